The summed E-state index contributed by atoms with van der Waals surface area (Å²) in [6.07, 6.45) is 5.04. The van der Waals surface area contributed by atoms with E-state index in [2.05, 4.69) is 30.6 Å². The lowest BCUT2D eigenvalue weighted by Gasteiger charge is -2.07. The van der Waals surface area contributed by atoms with Crippen LogP contribution < -0.4 is 20.4 Å². The molecule has 0 radical (unpaired) electrons. The monoisotopic (exact) mass is 370 g/mol. The Morgan fingerprint density at radius 3 is 2.08 bits per heavy atom. The second kappa shape index (κ2) is 13.8. The van der Waals surface area contributed by atoms with E-state index in [1.54, 1.807) is 12.3 Å². The van der Waals surface area contributed by atoms with Crippen LogP contribution in [-0.2, 0) is 19.3 Å². The fourth-order valence-electron chi connectivity index (χ4n) is 1.92. The minimum absolute atomic E-state index is 0.162. The first kappa shape index (κ1) is 21.6. The molecule has 0 saturated carbocycles. The van der Waals surface area contributed by atoms with E-state index in [0.29, 0.717) is 57.6 Å². The summed E-state index contributed by atoms with van der Waals surface area (Å²) in [6.45, 7) is 0.837. The molecule has 0 unspecified atom stereocenters. The Kier molecular flexibility index (Phi) is 11.4. The molecule has 0 aromatic carbocycles. The molecule has 1 rings (SSSR count). The lowest BCUT2D eigenvalue weighted by Crippen LogP contribution is -2.21. The minimum atomic E-state index is -0.168. The molecule has 0 atom stereocenters. The Morgan fingerprint density at radius 1 is 0.923 bits per heavy atom. The van der Waals surface area contributed by atoms with Crippen molar-refractivity contribution in [3.8, 4) is 11.9 Å². The van der Waals surface area contributed by atoms with E-state index in [4.69, 9.17) is 9.47 Å². The summed E-state index contributed by atoms with van der Waals surface area (Å²) in [7, 11) is 2.79. The Labute approximate surface area is 152 Å². The Balaban J connectivity index is 2.16. The van der Waals surface area contributed by atoms with Crippen molar-refractivity contribution in [2.45, 2.75) is 38.5 Å². The molecule has 0 fully saturated rings. The summed E-state index contributed by atoms with van der Waals surface area (Å²) >= 11 is 0. The minimum Gasteiger partial charge on any atom is -0.478 e. The van der Waals surface area contributed by atoms with E-state index in [0.717, 1.165) is 0 Å². The summed E-state index contributed by atoms with van der Waals surface area (Å²) in [5.41, 5.74) is 4.51. The van der Waals surface area contributed by atoms with Gasteiger partial charge < -0.3 is 9.47 Å². The predicted molar refractivity (Wildman–Crippen MR) is 91.0 cm³/mol. The molecule has 0 saturated heterocycles. The molecule has 146 valence electrons. The van der Waals surface area contributed by atoms with Gasteiger partial charge in [0.05, 0.1) is 27.4 Å². The molecule has 0 bridgehead atoms. The highest BCUT2D eigenvalue weighted by Gasteiger charge is 2.04. The predicted octanol–water partition coefficient (Wildman–Crippen LogP) is 0.930. The number of hydroxylamine groups is 2. The van der Waals surface area contributed by atoms with Gasteiger partial charge in [-0.1, -0.05) is 0 Å². The van der Waals surface area contributed by atoms with Crippen LogP contribution in [0.25, 0.3) is 0 Å². The zero-order valence-corrected chi connectivity index (χ0v) is 15.2. The first-order valence-electron chi connectivity index (χ1n) is 8.38. The summed E-state index contributed by atoms with van der Waals surface area (Å²) < 4.78 is 11.0. The van der Waals surface area contributed by atoms with Gasteiger partial charge in [-0.2, -0.15) is 4.98 Å². The number of rotatable bonds is 14. The molecule has 0 aliphatic rings. The summed E-state index contributed by atoms with van der Waals surface area (Å²) in [5, 5.41) is 0. The molecular weight excluding hydrogens is 344 g/mol. The summed E-state index contributed by atoms with van der Waals surface area (Å²) in [5.74, 6) is 0.0830. The molecule has 2 N–H and O–H groups in total. The molecule has 10 heteroatoms. The molecule has 1 heterocycles. The molecule has 2 amide bonds. The molecular formula is C16H26N4O6. The first-order valence-corrected chi connectivity index (χ1v) is 8.38. The lowest BCUT2D eigenvalue weighted by atomic mass is 10.2. The highest BCUT2D eigenvalue weighted by molar-refractivity contribution is 5.74. The average Bonchev–Trinajstić information content (AvgIpc) is 2.62. The van der Waals surface area contributed by atoms with Gasteiger partial charge >= 0.3 is 6.01 Å². The highest BCUT2D eigenvalue weighted by Crippen LogP contribution is 2.11. The topological polar surface area (TPSA) is 121 Å². The van der Waals surface area contributed by atoms with Crippen molar-refractivity contribution in [2.24, 2.45) is 0 Å². The van der Waals surface area contributed by atoms with Gasteiger partial charge in [-0.25, -0.2) is 15.9 Å². The maximum Gasteiger partial charge on any atom is 0.319 e. The third-order valence-electron chi connectivity index (χ3n) is 3.12. The second-order valence-electron chi connectivity index (χ2n) is 5.25. The maximum atomic E-state index is 11.2. The maximum absolute atomic E-state index is 11.2. The third-order valence-corrected chi connectivity index (χ3v) is 3.12. The number of nitrogens with zero attached hydrogens (tertiary/aromatic N) is 2. The highest BCUT2D eigenvalue weighted by atomic mass is 16.6. The van der Waals surface area contributed by atoms with E-state index in [-0.39, 0.29) is 17.8 Å². The van der Waals surface area contributed by atoms with Crippen molar-refractivity contribution in [2.75, 3.05) is 27.4 Å². The molecule has 1 aromatic rings. The van der Waals surface area contributed by atoms with Crippen LogP contribution in [0.4, 0.5) is 0 Å². The summed E-state index contributed by atoms with van der Waals surface area (Å²) in [4.78, 5) is 39.6. The van der Waals surface area contributed by atoms with Crippen LogP contribution in [0.2, 0.25) is 0 Å². The second-order valence-corrected chi connectivity index (χ2v) is 5.25. The third kappa shape index (κ3) is 10.4. The number of ether oxygens (including phenoxy) is 2. The number of nitrogens with one attached hydrogen (secondary N) is 2. The van der Waals surface area contributed by atoms with Crippen molar-refractivity contribution in [1.29, 1.82) is 0 Å². The smallest absolute Gasteiger partial charge is 0.319 e. The van der Waals surface area contributed by atoms with Gasteiger partial charge in [-0.05, 0) is 25.7 Å². The van der Waals surface area contributed by atoms with Gasteiger partial charge in [-0.3, -0.25) is 19.3 Å². The lowest BCUT2D eigenvalue weighted by molar-refractivity contribution is -0.132. The average molecular weight is 370 g/mol. The molecule has 10 nitrogen and oxygen atoms in total. The number of carbonyl (C=O) groups is 2. The molecule has 0 aliphatic carbocycles. The number of hydrogen-bond donors (Lipinski definition) is 2. The van der Waals surface area contributed by atoms with E-state index >= 15 is 0 Å². The Bertz CT molecular complexity index is 500. The number of unbranched alkanes of at least 4 members (excludes halogenated alkanes) is 2. The van der Waals surface area contributed by atoms with Crippen molar-refractivity contribution in [3.05, 3.63) is 12.3 Å². The van der Waals surface area contributed by atoms with Crippen molar-refractivity contribution < 1.29 is 28.7 Å². The van der Waals surface area contributed by atoms with Crippen molar-refractivity contribution >= 4 is 11.8 Å². The fraction of sp³-hybridized carbons (Fsp3) is 0.625. The Hall–Kier alpha value is -2.46. The normalized spacial score (nSPS) is 10.2. The molecule has 0 spiro atoms. The molecule has 0 aliphatic heterocycles. The zero-order valence-electron chi connectivity index (χ0n) is 15.2. The van der Waals surface area contributed by atoms with Gasteiger partial charge in [-0.15, -0.1) is 0 Å². The van der Waals surface area contributed by atoms with Gasteiger partial charge in [0.1, 0.15) is 0 Å². The zero-order chi connectivity index (χ0) is 19.0. The van der Waals surface area contributed by atoms with Crippen molar-refractivity contribution in [3.63, 3.8) is 0 Å². The van der Waals surface area contributed by atoms with Gasteiger partial charge in [0.2, 0.25) is 17.7 Å². The first-order chi connectivity index (χ1) is 12.7. The van der Waals surface area contributed by atoms with Gasteiger partial charge in [0, 0.05) is 25.1 Å². The van der Waals surface area contributed by atoms with Crippen LogP contribution >= 0.6 is 0 Å². The van der Waals surface area contributed by atoms with E-state index in [9.17, 15) is 9.59 Å². The van der Waals surface area contributed by atoms with E-state index < -0.39 is 0 Å². The van der Waals surface area contributed by atoms with Crippen LogP contribution in [0.5, 0.6) is 11.9 Å². The summed E-state index contributed by atoms with van der Waals surface area (Å²) in [6, 6.07) is 1.86. The SMILES string of the molecule is CONC(=O)CCCCOc1ccnc(OCCCCC(=O)NOC)n1. The molecule has 1 aromatic heterocycles. The van der Waals surface area contributed by atoms with Crippen LogP contribution in [0.15, 0.2) is 12.3 Å². The number of hydrogen-bond acceptors (Lipinski definition) is 8. The Morgan fingerprint density at radius 2 is 1.50 bits per heavy atom. The van der Waals surface area contributed by atoms with Crippen molar-refractivity contribution in [1.82, 2.24) is 20.9 Å². The van der Waals surface area contributed by atoms with Crippen LogP contribution in [0.1, 0.15) is 38.5 Å². The quantitative estimate of drug-likeness (QED) is 0.366. The van der Waals surface area contributed by atoms with E-state index in [1.165, 1.54) is 14.2 Å². The van der Waals surface area contributed by atoms with Crippen LogP contribution in [-0.4, -0.2) is 49.2 Å². The molecule has 26 heavy (non-hydrogen) atoms. The van der Waals surface area contributed by atoms with E-state index in [1.807, 2.05) is 0 Å². The number of amides is 2. The van der Waals surface area contributed by atoms with Gasteiger partial charge in [0.15, 0.2) is 0 Å². The standard InChI is InChI=1S/C16H26N4O6/c1-23-19-13(21)7-3-5-11-25-15-9-10-17-16(18-15)26-12-6-4-8-14(22)20-24-2/h9-10H,3-8,11-12H2,1-2H3,(H,19,21)(H,20,22). The van der Waals surface area contributed by atoms with Gasteiger partial charge in [0.25, 0.3) is 0 Å². The van der Waals surface area contributed by atoms with Crippen LogP contribution in [0, 0.1) is 0 Å². The van der Waals surface area contributed by atoms with Crippen LogP contribution in [0.3, 0.4) is 0 Å². The largest absolute Gasteiger partial charge is 0.478 e. The fourth-order valence-corrected chi connectivity index (χ4v) is 1.92. The number of carbonyl (C=O) groups excluding carboxylic acids is 2. The number of aromatic nitrogens is 2.